The minimum atomic E-state index is -1.42. The van der Waals surface area contributed by atoms with E-state index in [1.54, 1.807) is 20.1 Å². The quantitative estimate of drug-likeness (QED) is 0.167. The summed E-state index contributed by atoms with van der Waals surface area (Å²) in [7, 11) is 0. The molecule has 0 bridgehead atoms. The molecule has 0 aliphatic carbocycles. The molecule has 8 N–H and O–H groups in total. The van der Waals surface area contributed by atoms with Gasteiger partial charge in [-0.25, -0.2) is 4.79 Å². The maximum Gasteiger partial charge on any atom is 0.326 e. The minimum Gasteiger partial charge on any atom is -0.480 e. The van der Waals surface area contributed by atoms with Gasteiger partial charge in [-0.05, 0) is 38.2 Å². The van der Waals surface area contributed by atoms with Crippen molar-refractivity contribution in [2.75, 3.05) is 12.0 Å². The first-order valence-corrected chi connectivity index (χ1v) is 11.0. The fraction of sp³-hybridized carbons (Fsp3) is 0.778. The number of thioether (sulfide) groups is 1. The second-order valence-electron chi connectivity index (χ2n) is 7.40. The third kappa shape index (κ3) is 9.28. The lowest BCUT2D eigenvalue weighted by Gasteiger charge is -2.27. The molecule has 12 heteroatoms. The van der Waals surface area contributed by atoms with Crippen LogP contribution in [0.25, 0.3) is 0 Å². The summed E-state index contributed by atoms with van der Waals surface area (Å²) in [6.45, 7) is 5.85. The van der Waals surface area contributed by atoms with Gasteiger partial charge in [0.1, 0.15) is 24.2 Å². The van der Waals surface area contributed by atoms with Crippen LogP contribution in [0.1, 0.15) is 34.1 Å². The molecule has 0 aliphatic heterocycles. The van der Waals surface area contributed by atoms with Gasteiger partial charge in [0.25, 0.3) is 0 Å². The second kappa shape index (κ2) is 13.4. The molecular weight excluding hydrogens is 416 g/mol. The zero-order chi connectivity index (χ0) is 23.6. The van der Waals surface area contributed by atoms with Crippen molar-refractivity contribution in [3.05, 3.63) is 0 Å². The van der Waals surface area contributed by atoms with Gasteiger partial charge in [-0.15, -0.1) is 0 Å². The van der Waals surface area contributed by atoms with Crippen LogP contribution in [-0.4, -0.2) is 87.4 Å². The Kier molecular flexibility index (Phi) is 12.6. The third-order valence-corrected chi connectivity index (χ3v) is 5.00. The summed E-state index contributed by atoms with van der Waals surface area (Å²) < 4.78 is 0. The van der Waals surface area contributed by atoms with Crippen molar-refractivity contribution < 1.29 is 34.5 Å². The summed E-state index contributed by atoms with van der Waals surface area (Å²) in [5, 5.41) is 35.7. The number of rotatable bonds is 13. The van der Waals surface area contributed by atoms with Crippen LogP contribution in [-0.2, 0) is 19.2 Å². The highest BCUT2D eigenvalue weighted by molar-refractivity contribution is 7.98. The zero-order valence-corrected chi connectivity index (χ0v) is 18.7. The highest BCUT2D eigenvalue weighted by Gasteiger charge is 2.33. The molecule has 0 saturated carbocycles. The Labute approximate surface area is 180 Å². The molecule has 0 rings (SSSR count). The molecule has 0 heterocycles. The molecule has 6 atom stereocenters. The maximum atomic E-state index is 12.7. The lowest BCUT2D eigenvalue weighted by atomic mass is 10.0. The number of amides is 3. The maximum absolute atomic E-state index is 12.7. The number of aliphatic hydroxyl groups is 2. The number of hydrogen-bond donors (Lipinski definition) is 7. The first-order valence-electron chi connectivity index (χ1n) is 9.58. The summed E-state index contributed by atoms with van der Waals surface area (Å²) >= 11 is 1.43. The Morgan fingerprint density at radius 2 is 1.40 bits per heavy atom. The Morgan fingerprint density at radius 3 is 1.80 bits per heavy atom. The first-order chi connectivity index (χ1) is 13.8. The van der Waals surface area contributed by atoms with E-state index in [9.17, 15) is 34.5 Å². The van der Waals surface area contributed by atoms with Crippen LogP contribution < -0.4 is 21.7 Å². The third-order valence-electron chi connectivity index (χ3n) is 4.36. The van der Waals surface area contributed by atoms with E-state index in [2.05, 4.69) is 16.0 Å². The first kappa shape index (κ1) is 28.1. The Morgan fingerprint density at radius 1 is 0.867 bits per heavy atom. The standard InChI is InChI=1S/C18H34N4O7S/c1-8(2)13(18(28)29)21-15(25)11(6-7-30-5)20-17(27)14(10(4)24)22-16(26)12(19)9(3)23/h8-14,23-24H,6-7,19H2,1-5H3,(H,20,27)(H,21,25)(H,22,26)(H,28,29). The average Bonchev–Trinajstić information content (AvgIpc) is 2.64. The van der Waals surface area contributed by atoms with Gasteiger partial charge < -0.3 is 37.0 Å². The van der Waals surface area contributed by atoms with E-state index in [0.717, 1.165) is 0 Å². The molecule has 174 valence electrons. The average molecular weight is 451 g/mol. The number of carbonyl (C=O) groups is 4. The molecule has 3 amide bonds. The van der Waals surface area contributed by atoms with Gasteiger partial charge in [-0.3, -0.25) is 14.4 Å². The molecule has 0 saturated heterocycles. The lowest BCUT2D eigenvalue weighted by molar-refractivity contribution is -0.143. The summed E-state index contributed by atoms with van der Waals surface area (Å²) in [6, 6.07) is -4.94. The van der Waals surface area contributed by atoms with Crippen LogP contribution in [0.5, 0.6) is 0 Å². The summed E-state index contributed by atoms with van der Waals surface area (Å²) in [4.78, 5) is 48.7. The highest BCUT2D eigenvalue weighted by Crippen LogP contribution is 2.07. The van der Waals surface area contributed by atoms with E-state index in [4.69, 9.17) is 5.73 Å². The number of aliphatic carboxylic acids is 1. The molecule has 0 aromatic rings. The van der Waals surface area contributed by atoms with Crippen LogP contribution in [0.4, 0.5) is 0 Å². The van der Waals surface area contributed by atoms with Gasteiger partial charge in [0.15, 0.2) is 0 Å². The molecule has 11 nitrogen and oxygen atoms in total. The highest BCUT2D eigenvalue weighted by atomic mass is 32.2. The van der Waals surface area contributed by atoms with Gasteiger partial charge in [0.2, 0.25) is 17.7 Å². The number of carboxylic acid groups (broad SMARTS) is 1. The summed E-state index contributed by atoms with van der Waals surface area (Å²) in [6.07, 6.45) is -0.480. The van der Waals surface area contributed by atoms with E-state index in [0.29, 0.717) is 5.75 Å². The topological polar surface area (TPSA) is 191 Å². The smallest absolute Gasteiger partial charge is 0.326 e. The second-order valence-corrected chi connectivity index (χ2v) is 8.39. The summed E-state index contributed by atoms with van der Waals surface area (Å²) in [5.41, 5.74) is 5.54. The van der Waals surface area contributed by atoms with Crippen LogP contribution in [0.15, 0.2) is 0 Å². The number of hydrogen-bond acceptors (Lipinski definition) is 8. The molecule has 0 aromatic carbocycles. The Hall–Kier alpha value is -1.89. The Bertz CT molecular complexity index is 601. The van der Waals surface area contributed by atoms with Crippen molar-refractivity contribution in [1.29, 1.82) is 0 Å². The predicted molar refractivity (Wildman–Crippen MR) is 113 cm³/mol. The van der Waals surface area contributed by atoms with E-state index in [1.165, 1.54) is 25.6 Å². The van der Waals surface area contributed by atoms with E-state index in [-0.39, 0.29) is 12.3 Å². The number of carbonyl (C=O) groups excluding carboxylic acids is 3. The molecule has 0 spiro atoms. The molecule has 0 aliphatic rings. The monoisotopic (exact) mass is 450 g/mol. The van der Waals surface area contributed by atoms with Crippen LogP contribution in [0, 0.1) is 5.92 Å². The minimum absolute atomic E-state index is 0.205. The molecule has 6 unspecified atom stereocenters. The van der Waals surface area contributed by atoms with Crippen molar-refractivity contribution in [2.24, 2.45) is 11.7 Å². The van der Waals surface area contributed by atoms with E-state index in [1.807, 2.05) is 0 Å². The van der Waals surface area contributed by atoms with Crippen LogP contribution in [0.3, 0.4) is 0 Å². The molecule has 30 heavy (non-hydrogen) atoms. The van der Waals surface area contributed by atoms with Crippen molar-refractivity contribution in [1.82, 2.24) is 16.0 Å². The van der Waals surface area contributed by atoms with E-state index >= 15 is 0 Å². The fourth-order valence-electron chi connectivity index (χ4n) is 2.41. The van der Waals surface area contributed by atoms with Gasteiger partial charge >= 0.3 is 5.97 Å². The molecule has 0 radical (unpaired) electrons. The normalized spacial score (nSPS) is 17.2. The lowest BCUT2D eigenvalue weighted by Crippen LogP contribution is -2.61. The van der Waals surface area contributed by atoms with Gasteiger partial charge in [0.05, 0.1) is 12.2 Å². The van der Waals surface area contributed by atoms with Gasteiger partial charge in [-0.1, -0.05) is 13.8 Å². The molecular formula is C18H34N4O7S. The van der Waals surface area contributed by atoms with Crippen LogP contribution >= 0.6 is 11.8 Å². The van der Waals surface area contributed by atoms with E-state index < -0.39 is 60.1 Å². The summed E-state index contributed by atoms with van der Waals surface area (Å²) in [5.74, 6) is -3.45. The SMILES string of the molecule is CSCCC(NC(=O)C(NC(=O)C(N)C(C)O)C(C)O)C(=O)NC(C(=O)O)C(C)C. The van der Waals surface area contributed by atoms with Crippen molar-refractivity contribution in [2.45, 2.75) is 70.5 Å². The predicted octanol–water partition coefficient (Wildman–Crippen LogP) is -1.98. The van der Waals surface area contributed by atoms with Crippen molar-refractivity contribution in [3.8, 4) is 0 Å². The fourth-order valence-corrected chi connectivity index (χ4v) is 2.88. The largest absolute Gasteiger partial charge is 0.480 e. The number of aliphatic hydroxyl groups excluding tert-OH is 2. The number of nitrogens with two attached hydrogens (primary N) is 1. The molecule has 0 fully saturated rings. The number of nitrogens with one attached hydrogen (secondary N) is 3. The van der Waals surface area contributed by atoms with Crippen LogP contribution in [0.2, 0.25) is 0 Å². The molecule has 0 aromatic heterocycles. The number of carboxylic acids is 1. The zero-order valence-electron chi connectivity index (χ0n) is 17.9. The van der Waals surface area contributed by atoms with Crippen molar-refractivity contribution in [3.63, 3.8) is 0 Å². The van der Waals surface area contributed by atoms with Gasteiger partial charge in [-0.2, -0.15) is 11.8 Å². The van der Waals surface area contributed by atoms with Gasteiger partial charge in [0, 0.05) is 0 Å². The Balaban J connectivity index is 5.39. The van der Waals surface area contributed by atoms with Crippen molar-refractivity contribution >= 4 is 35.5 Å².